The fraction of sp³-hybridized carbons (Fsp3) is 0.300. The first-order valence-electron chi connectivity index (χ1n) is 8.18. The predicted molar refractivity (Wildman–Crippen MR) is 99.4 cm³/mol. The van der Waals surface area contributed by atoms with Gasteiger partial charge in [-0.05, 0) is 42.3 Å². The summed E-state index contributed by atoms with van der Waals surface area (Å²) in [6, 6.07) is 15.3. The Hall–Kier alpha value is -2.33. The number of likely N-dealkylation sites (tertiary alicyclic amines) is 1. The molecular formula is C20H21ClN2O2. The fourth-order valence-electron chi connectivity index (χ4n) is 3.35. The number of rotatable bonds is 5. The van der Waals surface area contributed by atoms with E-state index in [9.17, 15) is 4.79 Å². The zero-order chi connectivity index (χ0) is 18.0. The molecule has 1 saturated heterocycles. The number of ketones is 1. The maximum Gasteiger partial charge on any atom is 0.165 e. The van der Waals surface area contributed by atoms with Gasteiger partial charge >= 0.3 is 0 Å². The molecule has 25 heavy (non-hydrogen) atoms. The van der Waals surface area contributed by atoms with E-state index in [1.54, 1.807) is 7.11 Å². The van der Waals surface area contributed by atoms with Gasteiger partial charge in [-0.2, -0.15) is 0 Å². The maximum atomic E-state index is 12.7. The lowest BCUT2D eigenvalue weighted by Crippen LogP contribution is -2.48. The van der Waals surface area contributed by atoms with Gasteiger partial charge in [-0.1, -0.05) is 35.9 Å². The number of Topliss-reactive ketones (excluding diaryl/α,β-unsaturated/α-hetero) is 1. The maximum absolute atomic E-state index is 12.7. The molecule has 1 fully saturated rings. The Bertz CT molecular complexity index is 821. The standard InChI is InChI=1S/C20H21ClN2O2/c1-20(12-14-5-4-8-17(10-14)25-2)18(24)11-19(22)23(20)13-15-6-3-7-16(21)9-15/h3-10,22H,11-13H2,1-2H3. The highest BCUT2D eigenvalue weighted by molar-refractivity contribution is 6.30. The van der Waals surface area contributed by atoms with Crippen molar-refractivity contribution in [3.05, 3.63) is 64.7 Å². The Morgan fingerprint density at radius 2 is 1.92 bits per heavy atom. The van der Waals surface area contributed by atoms with Crippen LogP contribution in [0.4, 0.5) is 0 Å². The van der Waals surface area contributed by atoms with E-state index in [2.05, 4.69) is 0 Å². The van der Waals surface area contributed by atoms with Crippen LogP contribution in [0.15, 0.2) is 48.5 Å². The number of nitrogens with zero attached hydrogens (tertiary/aromatic N) is 1. The van der Waals surface area contributed by atoms with Crippen LogP contribution in [0.2, 0.25) is 5.02 Å². The van der Waals surface area contributed by atoms with E-state index in [-0.39, 0.29) is 12.2 Å². The van der Waals surface area contributed by atoms with E-state index in [4.69, 9.17) is 21.7 Å². The molecule has 3 rings (SSSR count). The molecule has 1 N–H and O–H groups in total. The molecule has 1 unspecified atom stereocenters. The molecule has 5 heteroatoms. The van der Waals surface area contributed by atoms with Gasteiger partial charge in [0.1, 0.15) is 17.1 Å². The average Bonchev–Trinajstić information content (AvgIpc) is 2.78. The summed E-state index contributed by atoms with van der Waals surface area (Å²) in [7, 11) is 1.63. The highest BCUT2D eigenvalue weighted by Gasteiger charge is 2.46. The van der Waals surface area contributed by atoms with Gasteiger partial charge in [0.2, 0.25) is 0 Å². The number of hydrogen-bond acceptors (Lipinski definition) is 3. The second-order valence-corrected chi connectivity index (χ2v) is 7.00. The lowest BCUT2D eigenvalue weighted by molar-refractivity contribution is -0.124. The number of methoxy groups -OCH3 is 1. The van der Waals surface area contributed by atoms with Gasteiger partial charge in [-0.25, -0.2) is 0 Å². The molecule has 1 aliphatic heterocycles. The molecule has 0 aromatic heterocycles. The molecule has 4 nitrogen and oxygen atoms in total. The number of benzene rings is 2. The van der Waals surface area contributed by atoms with Gasteiger partial charge in [0, 0.05) is 18.0 Å². The minimum Gasteiger partial charge on any atom is -0.497 e. The first-order valence-corrected chi connectivity index (χ1v) is 8.56. The zero-order valence-corrected chi connectivity index (χ0v) is 15.1. The molecular weight excluding hydrogens is 336 g/mol. The first kappa shape index (κ1) is 17.5. The summed E-state index contributed by atoms with van der Waals surface area (Å²) in [5.74, 6) is 1.20. The molecule has 1 atom stereocenters. The van der Waals surface area contributed by atoms with Crippen LogP contribution in [0.3, 0.4) is 0 Å². The normalized spacial score (nSPS) is 20.2. The van der Waals surface area contributed by atoms with Gasteiger partial charge in [0.15, 0.2) is 5.78 Å². The van der Waals surface area contributed by atoms with Crippen LogP contribution in [-0.4, -0.2) is 29.2 Å². The van der Waals surface area contributed by atoms with Crippen molar-refractivity contribution in [1.29, 1.82) is 5.41 Å². The quantitative estimate of drug-likeness (QED) is 0.877. The Morgan fingerprint density at radius 3 is 2.64 bits per heavy atom. The van der Waals surface area contributed by atoms with Crippen LogP contribution in [0, 0.1) is 5.41 Å². The number of halogens is 1. The predicted octanol–water partition coefficient (Wildman–Crippen LogP) is 4.10. The Morgan fingerprint density at radius 1 is 1.20 bits per heavy atom. The Kier molecular flexibility index (Phi) is 4.82. The van der Waals surface area contributed by atoms with Crippen molar-refractivity contribution in [3.8, 4) is 5.75 Å². The largest absolute Gasteiger partial charge is 0.497 e. The second-order valence-electron chi connectivity index (χ2n) is 6.56. The summed E-state index contributed by atoms with van der Waals surface area (Å²) >= 11 is 6.08. The van der Waals surface area contributed by atoms with E-state index in [1.807, 2.05) is 60.4 Å². The molecule has 0 radical (unpaired) electrons. The molecule has 0 amide bonds. The molecule has 1 heterocycles. The molecule has 2 aromatic rings. The third kappa shape index (κ3) is 3.54. The Balaban J connectivity index is 1.89. The van der Waals surface area contributed by atoms with E-state index < -0.39 is 5.54 Å². The van der Waals surface area contributed by atoms with Crippen LogP contribution < -0.4 is 4.74 Å². The van der Waals surface area contributed by atoms with Crippen molar-refractivity contribution < 1.29 is 9.53 Å². The van der Waals surface area contributed by atoms with Gasteiger partial charge < -0.3 is 9.64 Å². The van der Waals surface area contributed by atoms with E-state index in [1.165, 1.54) is 0 Å². The van der Waals surface area contributed by atoms with Crippen molar-refractivity contribution in [3.63, 3.8) is 0 Å². The van der Waals surface area contributed by atoms with Gasteiger partial charge in [-0.15, -0.1) is 0 Å². The Labute approximate surface area is 152 Å². The van der Waals surface area contributed by atoms with E-state index in [0.29, 0.717) is 23.8 Å². The molecule has 130 valence electrons. The van der Waals surface area contributed by atoms with Crippen molar-refractivity contribution in [2.45, 2.75) is 31.8 Å². The third-order valence-electron chi connectivity index (χ3n) is 4.76. The number of carbonyl (C=O) groups is 1. The highest BCUT2D eigenvalue weighted by atomic mass is 35.5. The van der Waals surface area contributed by atoms with Gasteiger partial charge in [0.05, 0.1) is 13.5 Å². The van der Waals surface area contributed by atoms with E-state index in [0.717, 1.165) is 16.9 Å². The molecule has 0 saturated carbocycles. The monoisotopic (exact) mass is 356 g/mol. The average molecular weight is 357 g/mol. The van der Waals surface area contributed by atoms with Crippen molar-refractivity contribution in [2.75, 3.05) is 7.11 Å². The molecule has 0 bridgehead atoms. The number of carbonyl (C=O) groups excluding carboxylic acids is 1. The minimum absolute atomic E-state index is 0.0716. The molecule has 2 aromatic carbocycles. The molecule has 1 aliphatic rings. The van der Waals surface area contributed by atoms with Crippen molar-refractivity contribution in [1.82, 2.24) is 4.90 Å². The van der Waals surface area contributed by atoms with Crippen LogP contribution in [-0.2, 0) is 17.8 Å². The summed E-state index contributed by atoms with van der Waals surface area (Å²) < 4.78 is 5.28. The van der Waals surface area contributed by atoms with Crippen LogP contribution in [0.1, 0.15) is 24.5 Å². The number of hydrogen-bond donors (Lipinski definition) is 1. The van der Waals surface area contributed by atoms with Crippen molar-refractivity contribution >= 4 is 23.2 Å². The topological polar surface area (TPSA) is 53.4 Å². The number of amidine groups is 1. The SMILES string of the molecule is COc1cccc(CC2(C)C(=O)CC(=N)N2Cc2cccc(Cl)c2)c1. The molecule has 0 aliphatic carbocycles. The van der Waals surface area contributed by atoms with Crippen LogP contribution in [0.5, 0.6) is 5.75 Å². The van der Waals surface area contributed by atoms with Gasteiger partial charge in [0.25, 0.3) is 0 Å². The lowest BCUT2D eigenvalue weighted by Gasteiger charge is -2.35. The van der Waals surface area contributed by atoms with Crippen molar-refractivity contribution in [2.24, 2.45) is 0 Å². The number of ether oxygens (including phenoxy) is 1. The summed E-state index contributed by atoms with van der Waals surface area (Å²) in [5, 5.41) is 8.94. The van der Waals surface area contributed by atoms with Gasteiger partial charge in [-0.3, -0.25) is 10.2 Å². The van der Waals surface area contributed by atoms with Crippen LogP contribution in [0.25, 0.3) is 0 Å². The molecule has 0 spiro atoms. The second kappa shape index (κ2) is 6.89. The van der Waals surface area contributed by atoms with E-state index >= 15 is 0 Å². The summed E-state index contributed by atoms with van der Waals surface area (Å²) in [6.45, 7) is 2.41. The smallest absolute Gasteiger partial charge is 0.165 e. The highest BCUT2D eigenvalue weighted by Crippen LogP contribution is 2.33. The fourth-order valence-corrected chi connectivity index (χ4v) is 3.56. The zero-order valence-electron chi connectivity index (χ0n) is 14.4. The van der Waals surface area contributed by atoms with Crippen LogP contribution >= 0.6 is 11.6 Å². The first-order chi connectivity index (χ1) is 11.9. The number of nitrogens with one attached hydrogen (secondary N) is 1. The third-order valence-corrected chi connectivity index (χ3v) is 5.00. The summed E-state index contributed by atoms with van der Waals surface area (Å²) in [4.78, 5) is 14.6. The lowest BCUT2D eigenvalue weighted by atomic mass is 9.88. The summed E-state index contributed by atoms with van der Waals surface area (Å²) in [6.07, 6.45) is 0.701. The minimum atomic E-state index is -0.744. The summed E-state index contributed by atoms with van der Waals surface area (Å²) in [5.41, 5.74) is 1.26.